The van der Waals surface area contributed by atoms with Gasteiger partial charge in [-0.2, -0.15) is 0 Å². The van der Waals surface area contributed by atoms with Crippen LogP contribution >= 0.6 is 0 Å². The maximum absolute atomic E-state index is 12.6. The minimum atomic E-state index is 0.273. The van der Waals surface area contributed by atoms with Gasteiger partial charge in [-0.1, -0.05) is 30.3 Å². The normalized spacial score (nSPS) is 31.8. The predicted molar refractivity (Wildman–Crippen MR) is 94.1 cm³/mol. The molecule has 1 aliphatic carbocycles. The number of amides is 1. The Morgan fingerprint density at radius 3 is 2.48 bits per heavy atom. The van der Waals surface area contributed by atoms with Crippen molar-refractivity contribution in [1.29, 1.82) is 0 Å². The molecule has 3 nitrogen and oxygen atoms in total. The van der Waals surface area contributed by atoms with E-state index in [1.807, 2.05) is 0 Å². The Labute approximate surface area is 140 Å². The molecule has 2 unspecified atom stereocenters. The van der Waals surface area contributed by atoms with E-state index in [-0.39, 0.29) is 6.04 Å². The van der Waals surface area contributed by atoms with Gasteiger partial charge in [0.05, 0.1) is 0 Å². The first-order chi connectivity index (χ1) is 11.1. The van der Waals surface area contributed by atoms with Crippen LogP contribution in [0.15, 0.2) is 30.3 Å². The fourth-order valence-corrected chi connectivity index (χ4v) is 4.37. The number of benzene rings is 1. The van der Waals surface area contributed by atoms with Gasteiger partial charge in [-0.3, -0.25) is 4.79 Å². The van der Waals surface area contributed by atoms with Crippen molar-refractivity contribution in [2.45, 2.75) is 69.9 Å². The molecule has 126 valence electrons. The Morgan fingerprint density at radius 1 is 1.13 bits per heavy atom. The van der Waals surface area contributed by atoms with Gasteiger partial charge in [0.1, 0.15) is 0 Å². The third kappa shape index (κ3) is 4.14. The van der Waals surface area contributed by atoms with Crippen LogP contribution in [0.1, 0.15) is 63.4 Å². The number of hydrogen-bond donors (Lipinski definition) is 1. The predicted octanol–water partition coefficient (Wildman–Crippen LogP) is 3.69. The number of carbonyl (C=O) groups is 1. The highest BCUT2D eigenvalue weighted by Gasteiger charge is 2.30. The maximum atomic E-state index is 12.6. The molecular weight excluding hydrogens is 284 g/mol. The summed E-state index contributed by atoms with van der Waals surface area (Å²) in [6, 6.07) is 11.4. The molecule has 1 amide bonds. The van der Waals surface area contributed by atoms with Crippen LogP contribution in [0.4, 0.5) is 0 Å². The van der Waals surface area contributed by atoms with Crippen molar-refractivity contribution in [2.75, 3.05) is 6.54 Å². The highest BCUT2D eigenvalue weighted by atomic mass is 16.2. The van der Waals surface area contributed by atoms with Crippen molar-refractivity contribution in [3.05, 3.63) is 35.9 Å². The number of piperidine rings is 1. The molecule has 0 radical (unpaired) electrons. The Balaban J connectivity index is 1.48. The number of carbonyl (C=O) groups excluding carboxylic acids is 1. The Hall–Kier alpha value is -1.35. The Kier molecular flexibility index (Phi) is 5.37. The SMILES string of the molecule is CC1CC(N)CCN1C(=O)CC1CCC(c2ccccc2)CC1. The summed E-state index contributed by atoms with van der Waals surface area (Å²) in [4.78, 5) is 14.7. The molecule has 2 fully saturated rings. The zero-order chi connectivity index (χ0) is 16.2. The van der Waals surface area contributed by atoms with Gasteiger partial charge >= 0.3 is 0 Å². The van der Waals surface area contributed by atoms with Crippen LogP contribution in [-0.4, -0.2) is 29.4 Å². The molecule has 3 heteroatoms. The third-order valence-electron chi connectivity index (χ3n) is 5.82. The molecule has 1 heterocycles. The van der Waals surface area contributed by atoms with Crippen molar-refractivity contribution < 1.29 is 4.79 Å². The molecule has 0 aromatic heterocycles. The highest BCUT2D eigenvalue weighted by molar-refractivity contribution is 5.77. The molecule has 1 aromatic carbocycles. The van der Waals surface area contributed by atoms with Gasteiger partial charge in [0, 0.05) is 25.0 Å². The summed E-state index contributed by atoms with van der Waals surface area (Å²) in [5.41, 5.74) is 7.47. The lowest BCUT2D eigenvalue weighted by molar-refractivity contribution is -0.135. The van der Waals surface area contributed by atoms with Crippen molar-refractivity contribution in [3.63, 3.8) is 0 Å². The summed E-state index contributed by atoms with van der Waals surface area (Å²) in [7, 11) is 0. The summed E-state index contributed by atoms with van der Waals surface area (Å²) in [5, 5.41) is 0. The molecular formula is C20H30N2O. The number of likely N-dealkylation sites (tertiary alicyclic amines) is 1. The first-order valence-corrected chi connectivity index (χ1v) is 9.23. The number of nitrogens with two attached hydrogens (primary N) is 1. The van der Waals surface area contributed by atoms with E-state index in [1.165, 1.54) is 31.2 Å². The molecule has 1 saturated carbocycles. The summed E-state index contributed by atoms with van der Waals surface area (Å²) < 4.78 is 0. The zero-order valence-electron chi connectivity index (χ0n) is 14.3. The summed E-state index contributed by atoms with van der Waals surface area (Å²) >= 11 is 0. The maximum Gasteiger partial charge on any atom is 0.223 e. The molecule has 3 rings (SSSR count). The van der Waals surface area contributed by atoms with Gasteiger partial charge in [0.25, 0.3) is 0 Å². The number of rotatable bonds is 3. The van der Waals surface area contributed by atoms with Crippen molar-refractivity contribution >= 4 is 5.91 Å². The van der Waals surface area contributed by atoms with Gasteiger partial charge in [-0.25, -0.2) is 0 Å². The van der Waals surface area contributed by atoms with Crippen LogP contribution in [0.3, 0.4) is 0 Å². The van der Waals surface area contributed by atoms with Crippen LogP contribution in [-0.2, 0) is 4.79 Å². The number of nitrogens with zero attached hydrogens (tertiary/aromatic N) is 1. The lowest BCUT2D eigenvalue weighted by Crippen LogP contribution is -2.48. The minimum Gasteiger partial charge on any atom is -0.340 e. The van der Waals surface area contributed by atoms with Crippen LogP contribution in [0.25, 0.3) is 0 Å². The average Bonchev–Trinajstić information content (AvgIpc) is 2.56. The molecule has 0 spiro atoms. The Bertz CT molecular complexity index is 508. The summed E-state index contributed by atoms with van der Waals surface area (Å²) in [5.74, 6) is 1.62. The second-order valence-electron chi connectivity index (χ2n) is 7.55. The van der Waals surface area contributed by atoms with E-state index in [0.29, 0.717) is 23.8 Å². The van der Waals surface area contributed by atoms with Gasteiger partial charge in [-0.05, 0) is 62.8 Å². The van der Waals surface area contributed by atoms with Crippen LogP contribution in [0.5, 0.6) is 0 Å². The van der Waals surface area contributed by atoms with Gasteiger partial charge in [-0.15, -0.1) is 0 Å². The van der Waals surface area contributed by atoms with E-state index in [1.54, 1.807) is 0 Å². The average molecular weight is 314 g/mol. The standard InChI is InChI=1S/C20H30N2O/c1-15-13-19(21)11-12-22(15)20(23)14-16-7-9-18(10-8-16)17-5-3-2-4-6-17/h2-6,15-16,18-19H,7-14,21H2,1H3. The third-order valence-corrected chi connectivity index (χ3v) is 5.82. The summed E-state index contributed by atoms with van der Waals surface area (Å²) in [6.45, 7) is 2.99. The van der Waals surface area contributed by atoms with E-state index in [0.717, 1.165) is 25.8 Å². The monoisotopic (exact) mass is 314 g/mol. The van der Waals surface area contributed by atoms with E-state index in [9.17, 15) is 4.79 Å². The fourth-order valence-electron chi connectivity index (χ4n) is 4.37. The van der Waals surface area contributed by atoms with Crippen LogP contribution < -0.4 is 5.73 Å². The molecule has 1 aliphatic heterocycles. The first-order valence-electron chi connectivity index (χ1n) is 9.23. The van der Waals surface area contributed by atoms with Crippen molar-refractivity contribution in [1.82, 2.24) is 4.90 Å². The fraction of sp³-hybridized carbons (Fsp3) is 0.650. The molecule has 1 saturated heterocycles. The van der Waals surface area contributed by atoms with E-state index < -0.39 is 0 Å². The second kappa shape index (κ2) is 7.48. The summed E-state index contributed by atoms with van der Waals surface area (Å²) in [6.07, 6.45) is 7.47. The van der Waals surface area contributed by atoms with Crippen LogP contribution in [0, 0.1) is 5.92 Å². The van der Waals surface area contributed by atoms with Crippen molar-refractivity contribution in [2.24, 2.45) is 11.7 Å². The van der Waals surface area contributed by atoms with E-state index in [4.69, 9.17) is 5.73 Å². The lowest BCUT2D eigenvalue weighted by atomic mass is 9.77. The first kappa shape index (κ1) is 16.5. The quantitative estimate of drug-likeness (QED) is 0.925. The van der Waals surface area contributed by atoms with Gasteiger partial charge in [0.2, 0.25) is 5.91 Å². The topological polar surface area (TPSA) is 46.3 Å². The molecule has 1 aromatic rings. The highest BCUT2D eigenvalue weighted by Crippen LogP contribution is 2.37. The van der Waals surface area contributed by atoms with Gasteiger partial charge < -0.3 is 10.6 Å². The smallest absolute Gasteiger partial charge is 0.223 e. The number of hydrogen-bond acceptors (Lipinski definition) is 2. The van der Waals surface area contributed by atoms with E-state index in [2.05, 4.69) is 42.2 Å². The lowest BCUT2D eigenvalue weighted by Gasteiger charge is -2.38. The minimum absolute atomic E-state index is 0.273. The molecule has 0 bridgehead atoms. The zero-order valence-corrected chi connectivity index (χ0v) is 14.3. The van der Waals surface area contributed by atoms with E-state index >= 15 is 0 Å². The largest absolute Gasteiger partial charge is 0.340 e. The molecule has 2 atom stereocenters. The van der Waals surface area contributed by atoms with Gasteiger partial charge in [0.15, 0.2) is 0 Å². The Morgan fingerprint density at radius 2 is 1.83 bits per heavy atom. The second-order valence-corrected chi connectivity index (χ2v) is 7.55. The molecule has 23 heavy (non-hydrogen) atoms. The van der Waals surface area contributed by atoms with Crippen molar-refractivity contribution in [3.8, 4) is 0 Å². The molecule has 2 N–H and O–H groups in total. The van der Waals surface area contributed by atoms with Crippen LogP contribution in [0.2, 0.25) is 0 Å². The molecule has 2 aliphatic rings.